The van der Waals surface area contributed by atoms with E-state index in [0.29, 0.717) is 12.1 Å². The summed E-state index contributed by atoms with van der Waals surface area (Å²) >= 11 is 0. The van der Waals surface area contributed by atoms with Crippen molar-refractivity contribution < 1.29 is 13.2 Å². The first-order valence-electron chi connectivity index (χ1n) is 8.54. The predicted octanol–water partition coefficient (Wildman–Crippen LogP) is 3.26. The number of aryl methyl sites for hydroxylation is 2. The molecule has 0 spiro atoms. The van der Waals surface area contributed by atoms with Gasteiger partial charge in [0.05, 0.1) is 4.90 Å². The van der Waals surface area contributed by atoms with Crippen LogP contribution in [0.25, 0.3) is 0 Å². The minimum Gasteiger partial charge on any atom is -0.348 e. The standard InChI is InChI=1S/C20H26N2O3S/c1-14(2)22(5)26(24,25)19-8-6-17(7-9-19)13-21-20(23)18-11-15(3)10-16(4)12-18/h6-12,14H,13H2,1-5H3,(H,21,23). The van der Waals surface area contributed by atoms with Gasteiger partial charge in [0.2, 0.25) is 10.0 Å². The molecule has 0 saturated heterocycles. The second-order valence-corrected chi connectivity index (χ2v) is 8.82. The normalized spacial score (nSPS) is 11.8. The molecule has 26 heavy (non-hydrogen) atoms. The molecular formula is C20H26N2O3S. The van der Waals surface area contributed by atoms with Crippen LogP contribution in [0.15, 0.2) is 47.4 Å². The summed E-state index contributed by atoms with van der Waals surface area (Å²) in [4.78, 5) is 12.5. The SMILES string of the molecule is Cc1cc(C)cc(C(=O)NCc2ccc(S(=O)(=O)N(C)C(C)C)cc2)c1. The van der Waals surface area contributed by atoms with Crippen molar-refractivity contribution in [3.05, 3.63) is 64.7 Å². The van der Waals surface area contributed by atoms with E-state index in [9.17, 15) is 13.2 Å². The van der Waals surface area contributed by atoms with Crippen LogP contribution in [0.1, 0.15) is 40.9 Å². The van der Waals surface area contributed by atoms with Crippen molar-refractivity contribution in [1.82, 2.24) is 9.62 Å². The molecule has 140 valence electrons. The number of carbonyl (C=O) groups is 1. The number of nitrogens with zero attached hydrogens (tertiary/aromatic N) is 1. The first kappa shape index (κ1) is 20.1. The molecule has 0 heterocycles. The van der Waals surface area contributed by atoms with Gasteiger partial charge in [0.1, 0.15) is 0 Å². The van der Waals surface area contributed by atoms with Crippen molar-refractivity contribution >= 4 is 15.9 Å². The molecular weight excluding hydrogens is 348 g/mol. The molecule has 0 fully saturated rings. The van der Waals surface area contributed by atoms with Crippen LogP contribution in [-0.2, 0) is 16.6 Å². The first-order valence-corrected chi connectivity index (χ1v) is 9.98. The smallest absolute Gasteiger partial charge is 0.251 e. The lowest BCUT2D eigenvalue weighted by molar-refractivity contribution is 0.0950. The topological polar surface area (TPSA) is 66.5 Å². The van der Waals surface area contributed by atoms with Crippen molar-refractivity contribution in [2.24, 2.45) is 0 Å². The van der Waals surface area contributed by atoms with Crippen LogP contribution < -0.4 is 5.32 Å². The lowest BCUT2D eigenvalue weighted by Gasteiger charge is -2.21. The summed E-state index contributed by atoms with van der Waals surface area (Å²) < 4.78 is 26.2. The summed E-state index contributed by atoms with van der Waals surface area (Å²) in [5.74, 6) is -0.145. The largest absolute Gasteiger partial charge is 0.348 e. The fraction of sp³-hybridized carbons (Fsp3) is 0.350. The maximum atomic E-state index is 12.5. The monoisotopic (exact) mass is 374 g/mol. The van der Waals surface area contributed by atoms with Crippen molar-refractivity contribution in [3.8, 4) is 0 Å². The van der Waals surface area contributed by atoms with Crippen molar-refractivity contribution in [2.75, 3.05) is 7.05 Å². The molecule has 0 aromatic heterocycles. The van der Waals surface area contributed by atoms with Crippen LogP contribution in [0, 0.1) is 13.8 Å². The van der Waals surface area contributed by atoms with E-state index in [4.69, 9.17) is 0 Å². The van der Waals surface area contributed by atoms with Gasteiger partial charge in [0.15, 0.2) is 0 Å². The van der Waals surface area contributed by atoms with Crippen molar-refractivity contribution in [3.63, 3.8) is 0 Å². The molecule has 2 rings (SSSR count). The first-order chi connectivity index (χ1) is 12.1. The highest BCUT2D eigenvalue weighted by molar-refractivity contribution is 7.89. The van der Waals surface area contributed by atoms with E-state index in [-0.39, 0.29) is 16.8 Å². The quantitative estimate of drug-likeness (QED) is 0.844. The highest BCUT2D eigenvalue weighted by Gasteiger charge is 2.22. The Morgan fingerprint density at radius 1 is 1.04 bits per heavy atom. The van der Waals surface area contributed by atoms with E-state index in [0.717, 1.165) is 16.7 Å². The van der Waals surface area contributed by atoms with Gasteiger partial charge in [0, 0.05) is 25.2 Å². The molecule has 0 atom stereocenters. The van der Waals surface area contributed by atoms with Crippen LogP contribution in [0.2, 0.25) is 0 Å². The molecule has 0 radical (unpaired) electrons. The number of rotatable bonds is 6. The van der Waals surface area contributed by atoms with Crippen LogP contribution in [0.4, 0.5) is 0 Å². The zero-order valence-electron chi connectivity index (χ0n) is 15.9. The van der Waals surface area contributed by atoms with E-state index >= 15 is 0 Å². The molecule has 0 saturated carbocycles. The summed E-state index contributed by atoms with van der Waals surface area (Å²) in [6.07, 6.45) is 0. The molecule has 0 unspecified atom stereocenters. The third kappa shape index (κ3) is 4.71. The van der Waals surface area contributed by atoms with E-state index in [1.807, 2.05) is 45.9 Å². The Kier molecular flexibility index (Phi) is 6.21. The molecule has 2 aromatic carbocycles. The maximum absolute atomic E-state index is 12.5. The molecule has 5 nitrogen and oxygen atoms in total. The average molecular weight is 375 g/mol. The van der Waals surface area contributed by atoms with E-state index < -0.39 is 10.0 Å². The molecule has 0 aliphatic carbocycles. The zero-order valence-corrected chi connectivity index (χ0v) is 16.7. The number of hydrogen-bond acceptors (Lipinski definition) is 3. The minimum absolute atomic E-state index is 0.114. The van der Waals surface area contributed by atoms with Gasteiger partial charge in [-0.3, -0.25) is 4.79 Å². The number of carbonyl (C=O) groups excluding carboxylic acids is 1. The van der Waals surface area contributed by atoms with E-state index in [1.165, 1.54) is 4.31 Å². The minimum atomic E-state index is -3.49. The maximum Gasteiger partial charge on any atom is 0.251 e. The molecule has 1 N–H and O–H groups in total. The van der Waals surface area contributed by atoms with E-state index in [1.54, 1.807) is 31.3 Å². The second-order valence-electron chi connectivity index (χ2n) is 6.82. The zero-order chi connectivity index (χ0) is 19.5. The van der Waals surface area contributed by atoms with Gasteiger partial charge in [0.25, 0.3) is 5.91 Å². The van der Waals surface area contributed by atoms with Gasteiger partial charge in [-0.25, -0.2) is 8.42 Å². The molecule has 6 heteroatoms. The summed E-state index contributed by atoms with van der Waals surface area (Å²) in [5.41, 5.74) is 3.55. The Labute approximate surface area is 156 Å². The van der Waals surface area contributed by atoms with Crippen molar-refractivity contribution in [1.29, 1.82) is 0 Å². The van der Waals surface area contributed by atoms with Gasteiger partial charge in [-0.05, 0) is 57.5 Å². The van der Waals surface area contributed by atoms with Gasteiger partial charge in [-0.1, -0.05) is 29.3 Å². The van der Waals surface area contributed by atoms with Gasteiger partial charge in [-0.15, -0.1) is 0 Å². The van der Waals surface area contributed by atoms with Gasteiger partial charge in [-0.2, -0.15) is 4.31 Å². The fourth-order valence-electron chi connectivity index (χ4n) is 2.61. The number of sulfonamides is 1. The third-order valence-corrected chi connectivity index (χ3v) is 6.31. The van der Waals surface area contributed by atoms with Crippen LogP contribution in [-0.4, -0.2) is 31.7 Å². The fourth-order valence-corrected chi connectivity index (χ4v) is 3.98. The predicted molar refractivity (Wildman–Crippen MR) is 104 cm³/mol. The Bertz CT molecular complexity index is 868. The Hall–Kier alpha value is -2.18. The van der Waals surface area contributed by atoms with Crippen LogP contribution in [0.5, 0.6) is 0 Å². The number of amides is 1. The third-order valence-electron chi connectivity index (χ3n) is 4.26. The average Bonchev–Trinajstić information content (AvgIpc) is 2.58. The van der Waals surface area contributed by atoms with Gasteiger partial charge < -0.3 is 5.32 Å². The number of benzene rings is 2. The molecule has 1 amide bonds. The lowest BCUT2D eigenvalue weighted by atomic mass is 10.1. The second kappa shape index (κ2) is 8.01. The molecule has 2 aromatic rings. The van der Waals surface area contributed by atoms with Gasteiger partial charge >= 0.3 is 0 Å². The Morgan fingerprint density at radius 2 is 1.58 bits per heavy atom. The highest BCUT2D eigenvalue weighted by Crippen LogP contribution is 2.17. The lowest BCUT2D eigenvalue weighted by Crippen LogP contribution is -2.33. The van der Waals surface area contributed by atoms with Crippen LogP contribution in [0.3, 0.4) is 0 Å². The summed E-state index contributed by atoms with van der Waals surface area (Å²) in [6.45, 7) is 7.91. The summed E-state index contributed by atoms with van der Waals surface area (Å²) in [6, 6.07) is 12.2. The Balaban J connectivity index is 2.07. The number of nitrogens with one attached hydrogen (secondary N) is 1. The molecule has 0 aliphatic heterocycles. The number of hydrogen-bond donors (Lipinski definition) is 1. The van der Waals surface area contributed by atoms with Crippen molar-refractivity contribution in [2.45, 2.75) is 45.2 Å². The summed E-state index contributed by atoms with van der Waals surface area (Å²) in [5, 5.41) is 2.87. The molecule has 0 bridgehead atoms. The highest BCUT2D eigenvalue weighted by atomic mass is 32.2. The summed E-state index contributed by atoms with van der Waals surface area (Å²) in [7, 11) is -1.93. The molecule has 0 aliphatic rings. The Morgan fingerprint density at radius 3 is 2.08 bits per heavy atom. The van der Waals surface area contributed by atoms with E-state index in [2.05, 4.69) is 5.32 Å². The van der Waals surface area contributed by atoms with Crippen LogP contribution >= 0.6 is 0 Å².